The summed E-state index contributed by atoms with van der Waals surface area (Å²) in [6.07, 6.45) is 0. The fraction of sp³-hybridized carbons (Fsp3) is 0.222. The van der Waals surface area contributed by atoms with E-state index in [1.54, 1.807) is 6.92 Å². The molecule has 0 bridgehead atoms. The minimum atomic E-state index is -3.04. The number of rotatable bonds is 8. The first-order valence-corrected chi connectivity index (χ1v) is 8.08. The average molecular weight is 398 g/mol. The van der Waals surface area contributed by atoms with E-state index in [4.69, 9.17) is 9.47 Å². The van der Waals surface area contributed by atoms with E-state index >= 15 is 0 Å². The maximum Gasteiger partial charge on any atom is 0.387 e. The molecular formula is C18H17F3N2O5. The molecule has 10 heteroatoms. The Balaban J connectivity index is 1.89. The highest BCUT2D eigenvalue weighted by molar-refractivity contribution is 5.96. The van der Waals surface area contributed by atoms with Gasteiger partial charge in [0.05, 0.1) is 6.61 Å². The number of hydrazine groups is 1. The first-order chi connectivity index (χ1) is 13.4. The highest BCUT2D eigenvalue weighted by atomic mass is 19.3. The van der Waals surface area contributed by atoms with E-state index in [2.05, 4.69) is 15.6 Å². The number of alkyl halides is 2. The summed E-state index contributed by atoms with van der Waals surface area (Å²) in [4.78, 5) is 23.8. The Morgan fingerprint density at radius 3 is 2.36 bits per heavy atom. The van der Waals surface area contributed by atoms with E-state index in [9.17, 15) is 22.8 Å². The second-order valence-corrected chi connectivity index (χ2v) is 5.22. The van der Waals surface area contributed by atoms with Crippen LogP contribution in [-0.4, -0.2) is 31.6 Å². The van der Waals surface area contributed by atoms with Crippen molar-refractivity contribution < 1.29 is 37.0 Å². The summed E-state index contributed by atoms with van der Waals surface area (Å²) in [7, 11) is 0. The molecule has 0 aliphatic heterocycles. The van der Waals surface area contributed by atoms with Crippen molar-refractivity contribution in [2.24, 2.45) is 0 Å². The number of benzene rings is 2. The van der Waals surface area contributed by atoms with E-state index < -0.39 is 30.8 Å². The predicted octanol–water partition coefficient (Wildman–Crippen LogP) is 2.67. The van der Waals surface area contributed by atoms with Gasteiger partial charge >= 0.3 is 6.61 Å². The van der Waals surface area contributed by atoms with Gasteiger partial charge in [-0.25, -0.2) is 4.39 Å². The Morgan fingerprint density at radius 1 is 1.00 bits per heavy atom. The fourth-order valence-electron chi connectivity index (χ4n) is 2.03. The molecule has 0 fully saturated rings. The van der Waals surface area contributed by atoms with Crippen LogP contribution in [0.3, 0.4) is 0 Å². The second-order valence-electron chi connectivity index (χ2n) is 5.22. The van der Waals surface area contributed by atoms with E-state index in [0.29, 0.717) is 0 Å². The third kappa shape index (κ3) is 6.38. The van der Waals surface area contributed by atoms with Crippen LogP contribution in [0.5, 0.6) is 17.2 Å². The van der Waals surface area contributed by atoms with Gasteiger partial charge < -0.3 is 14.2 Å². The van der Waals surface area contributed by atoms with Gasteiger partial charge in [-0.2, -0.15) is 8.78 Å². The van der Waals surface area contributed by atoms with Gasteiger partial charge in [-0.05, 0) is 49.4 Å². The standard InChI is InChI=1S/C18H17F3N2O5/c1-2-26-15-9-11(3-8-14(15)28-18(20)21)17(25)23-22-16(24)10-27-13-6-4-12(19)5-7-13/h3-9,18H,2,10H2,1H3,(H,22,24)(H,23,25). The number of hydrogen-bond acceptors (Lipinski definition) is 5. The molecule has 0 radical (unpaired) electrons. The van der Waals surface area contributed by atoms with Crippen molar-refractivity contribution in [1.82, 2.24) is 10.9 Å². The van der Waals surface area contributed by atoms with Gasteiger partial charge in [0.1, 0.15) is 11.6 Å². The lowest BCUT2D eigenvalue weighted by atomic mass is 10.2. The molecular weight excluding hydrogens is 381 g/mol. The molecule has 0 spiro atoms. The maximum atomic E-state index is 12.8. The van der Waals surface area contributed by atoms with Crippen molar-refractivity contribution >= 4 is 11.8 Å². The summed E-state index contributed by atoms with van der Waals surface area (Å²) in [5.74, 6) is -1.80. The van der Waals surface area contributed by atoms with Gasteiger partial charge in [-0.1, -0.05) is 0 Å². The van der Waals surface area contributed by atoms with Gasteiger partial charge in [0.2, 0.25) is 0 Å². The lowest BCUT2D eigenvalue weighted by Crippen LogP contribution is -2.43. The normalized spacial score (nSPS) is 10.3. The van der Waals surface area contributed by atoms with Crippen LogP contribution < -0.4 is 25.1 Å². The zero-order valence-electron chi connectivity index (χ0n) is 14.7. The van der Waals surface area contributed by atoms with Gasteiger partial charge in [0.15, 0.2) is 18.1 Å². The Morgan fingerprint density at radius 2 is 1.71 bits per heavy atom. The molecule has 2 aromatic rings. The molecule has 2 aromatic carbocycles. The summed E-state index contributed by atoms with van der Waals surface area (Å²) >= 11 is 0. The van der Waals surface area contributed by atoms with E-state index in [0.717, 1.165) is 6.07 Å². The topological polar surface area (TPSA) is 85.9 Å². The van der Waals surface area contributed by atoms with Crippen LogP contribution in [0.4, 0.5) is 13.2 Å². The molecule has 2 amide bonds. The third-order valence-electron chi connectivity index (χ3n) is 3.22. The molecule has 0 atom stereocenters. The molecule has 0 aliphatic carbocycles. The lowest BCUT2D eigenvalue weighted by molar-refractivity contribution is -0.123. The van der Waals surface area contributed by atoms with Crippen molar-refractivity contribution in [2.75, 3.05) is 13.2 Å². The van der Waals surface area contributed by atoms with Crippen molar-refractivity contribution in [1.29, 1.82) is 0 Å². The van der Waals surface area contributed by atoms with Crippen molar-refractivity contribution in [3.8, 4) is 17.2 Å². The van der Waals surface area contributed by atoms with Crippen molar-refractivity contribution in [2.45, 2.75) is 13.5 Å². The van der Waals surface area contributed by atoms with E-state index in [1.165, 1.54) is 36.4 Å². The van der Waals surface area contributed by atoms with Crippen molar-refractivity contribution in [3.63, 3.8) is 0 Å². The SMILES string of the molecule is CCOc1cc(C(=O)NNC(=O)COc2ccc(F)cc2)ccc1OC(F)F. The number of amides is 2. The number of carbonyl (C=O) groups is 2. The molecule has 0 saturated heterocycles. The molecule has 150 valence electrons. The molecule has 7 nitrogen and oxygen atoms in total. The Bertz CT molecular complexity index is 815. The smallest absolute Gasteiger partial charge is 0.387 e. The maximum absolute atomic E-state index is 12.8. The number of halogens is 3. The molecule has 0 aliphatic rings. The first kappa shape index (κ1) is 20.9. The molecule has 0 heterocycles. The predicted molar refractivity (Wildman–Crippen MR) is 91.7 cm³/mol. The molecule has 0 saturated carbocycles. The minimum Gasteiger partial charge on any atom is -0.490 e. The molecule has 28 heavy (non-hydrogen) atoms. The summed E-state index contributed by atoms with van der Waals surface area (Å²) in [6.45, 7) is -1.65. The van der Waals surface area contributed by atoms with Crippen molar-refractivity contribution in [3.05, 3.63) is 53.8 Å². The largest absolute Gasteiger partial charge is 0.490 e. The molecule has 2 rings (SSSR count). The summed E-state index contributed by atoms with van der Waals surface area (Å²) in [6, 6.07) is 8.64. The van der Waals surface area contributed by atoms with Gasteiger partial charge in [0, 0.05) is 5.56 Å². The molecule has 0 unspecified atom stereocenters. The van der Waals surface area contributed by atoms with Crippen LogP contribution in [-0.2, 0) is 4.79 Å². The van der Waals surface area contributed by atoms with Crippen LogP contribution in [0.1, 0.15) is 17.3 Å². The highest BCUT2D eigenvalue weighted by Crippen LogP contribution is 2.29. The van der Waals surface area contributed by atoms with E-state index in [-0.39, 0.29) is 29.4 Å². The monoisotopic (exact) mass is 398 g/mol. The third-order valence-corrected chi connectivity index (χ3v) is 3.22. The summed E-state index contributed by atoms with van der Waals surface area (Å²) < 4.78 is 52.2. The quantitative estimate of drug-likeness (QED) is 0.668. The van der Waals surface area contributed by atoms with Crippen LogP contribution in [0.15, 0.2) is 42.5 Å². The van der Waals surface area contributed by atoms with Crippen LogP contribution in [0.2, 0.25) is 0 Å². The molecule has 2 N–H and O–H groups in total. The lowest BCUT2D eigenvalue weighted by Gasteiger charge is -2.13. The van der Waals surface area contributed by atoms with Gasteiger partial charge in [0.25, 0.3) is 11.8 Å². The van der Waals surface area contributed by atoms with Crippen LogP contribution in [0, 0.1) is 5.82 Å². The Kier molecular flexibility index (Phi) is 7.49. The first-order valence-electron chi connectivity index (χ1n) is 8.08. The number of ether oxygens (including phenoxy) is 3. The van der Waals surface area contributed by atoms with Gasteiger partial charge in [-0.15, -0.1) is 0 Å². The number of nitrogens with one attached hydrogen (secondary N) is 2. The highest BCUT2D eigenvalue weighted by Gasteiger charge is 2.15. The minimum absolute atomic E-state index is 0.0404. The van der Waals surface area contributed by atoms with Crippen LogP contribution >= 0.6 is 0 Å². The van der Waals surface area contributed by atoms with Crippen LogP contribution in [0.25, 0.3) is 0 Å². The average Bonchev–Trinajstić information content (AvgIpc) is 2.66. The zero-order chi connectivity index (χ0) is 20.5. The second kappa shape index (κ2) is 10.0. The summed E-state index contributed by atoms with van der Waals surface area (Å²) in [5, 5.41) is 0. The Hall–Kier alpha value is -3.43. The number of carbonyl (C=O) groups excluding carboxylic acids is 2. The van der Waals surface area contributed by atoms with E-state index in [1.807, 2.05) is 0 Å². The summed E-state index contributed by atoms with van der Waals surface area (Å²) in [5.41, 5.74) is 4.33. The fourth-order valence-corrected chi connectivity index (χ4v) is 2.03. The number of hydrogen-bond donors (Lipinski definition) is 2. The Labute approximate surface area is 158 Å². The molecule has 0 aromatic heterocycles. The van der Waals surface area contributed by atoms with Gasteiger partial charge in [-0.3, -0.25) is 20.4 Å². The zero-order valence-corrected chi connectivity index (χ0v) is 14.7.